The molecule has 0 aliphatic carbocycles. The quantitative estimate of drug-likeness (QED) is 0.260. The summed E-state index contributed by atoms with van der Waals surface area (Å²) in [7, 11) is 0. The minimum absolute atomic E-state index is 0.0308. The number of benzene rings is 1. The van der Waals surface area contributed by atoms with Crippen LogP contribution >= 0.6 is 0 Å². The molecule has 19 heavy (non-hydrogen) atoms. The average Bonchev–Trinajstić information content (AvgIpc) is 2.43. The summed E-state index contributed by atoms with van der Waals surface area (Å²) in [4.78, 5) is 0. The molecule has 1 aromatic rings. The molecular formula is C14H23N3O2. The highest BCUT2D eigenvalue weighted by Gasteiger charge is 2.20. The van der Waals surface area contributed by atoms with E-state index in [1.165, 1.54) is 0 Å². The second-order valence-corrected chi connectivity index (χ2v) is 4.96. The van der Waals surface area contributed by atoms with Gasteiger partial charge in [-0.15, -0.1) is 0 Å². The van der Waals surface area contributed by atoms with E-state index in [4.69, 9.17) is 10.9 Å². The number of rotatable bonds is 7. The van der Waals surface area contributed by atoms with Crippen LogP contribution in [0.15, 0.2) is 35.5 Å². The number of nitrogens with one attached hydrogen (secondary N) is 1. The van der Waals surface area contributed by atoms with Gasteiger partial charge >= 0.3 is 0 Å². The van der Waals surface area contributed by atoms with Gasteiger partial charge in [-0.3, -0.25) is 0 Å². The van der Waals surface area contributed by atoms with Gasteiger partial charge in [0.25, 0.3) is 0 Å². The fourth-order valence-corrected chi connectivity index (χ4v) is 1.92. The summed E-state index contributed by atoms with van der Waals surface area (Å²) in [6.07, 6.45) is 0.393. The van der Waals surface area contributed by atoms with Crippen LogP contribution in [0.5, 0.6) is 0 Å². The number of oxime groups is 1. The van der Waals surface area contributed by atoms with Crippen LogP contribution in [0.1, 0.15) is 31.9 Å². The first-order chi connectivity index (χ1) is 9.08. The maximum absolute atomic E-state index is 9.41. The summed E-state index contributed by atoms with van der Waals surface area (Å²) >= 11 is 0. The molecule has 5 nitrogen and oxygen atoms in total. The molecule has 0 aromatic heterocycles. The van der Waals surface area contributed by atoms with Crippen molar-refractivity contribution in [2.45, 2.75) is 32.4 Å². The molecule has 0 saturated carbocycles. The average molecular weight is 265 g/mol. The lowest BCUT2D eigenvalue weighted by molar-refractivity contribution is 0.199. The molecular weight excluding hydrogens is 242 g/mol. The number of hydrogen-bond donors (Lipinski definition) is 4. The third-order valence-electron chi connectivity index (χ3n) is 3.16. The summed E-state index contributed by atoms with van der Waals surface area (Å²) in [5.41, 5.74) is 6.65. The van der Waals surface area contributed by atoms with Gasteiger partial charge in [0.2, 0.25) is 0 Å². The number of amidine groups is 1. The van der Waals surface area contributed by atoms with E-state index in [-0.39, 0.29) is 24.5 Å². The summed E-state index contributed by atoms with van der Waals surface area (Å²) < 4.78 is 0. The Balaban J connectivity index is 2.86. The summed E-state index contributed by atoms with van der Waals surface area (Å²) in [6.45, 7) is 4.13. The third kappa shape index (κ3) is 4.89. The van der Waals surface area contributed by atoms with Gasteiger partial charge in [0.1, 0.15) is 5.84 Å². The Morgan fingerprint density at radius 1 is 1.32 bits per heavy atom. The van der Waals surface area contributed by atoms with Crippen molar-refractivity contribution in [1.82, 2.24) is 5.32 Å². The maximum Gasteiger partial charge on any atom is 0.141 e. The second kappa shape index (κ2) is 7.76. The Labute approximate surface area is 114 Å². The van der Waals surface area contributed by atoms with Gasteiger partial charge in [-0.1, -0.05) is 49.3 Å². The van der Waals surface area contributed by atoms with Crippen molar-refractivity contribution in [3.63, 3.8) is 0 Å². The first kappa shape index (κ1) is 15.5. The molecule has 0 amide bonds. The molecule has 0 aliphatic rings. The van der Waals surface area contributed by atoms with E-state index in [1.54, 1.807) is 0 Å². The number of nitrogens with zero attached hydrogens (tertiary/aromatic N) is 1. The normalized spacial score (nSPS) is 15.5. The highest BCUT2D eigenvalue weighted by atomic mass is 16.4. The Hall–Kier alpha value is -1.59. The zero-order valence-corrected chi connectivity index (χ0v) is 11.5. The first-order valence-corrected chi connectivity index (χ1v) is 6.46. The van der Waals surface area contributed by atoms with E-state index in [0.29, 0.717) is 12.3 Å². The fraction of sp³-hybridized carbons (Fsp3) is 0.500. The van der Waals surface area contributed by atoms with Gasteiger partial charge in [-0.25, -0.2) is 0 Å². The smallest absolute Gasteiger partial charge is 0.141 e. The molecule has 0 heterocycles. The monoisotopic (exact) mass is 265 g/mol. The predicted octanol–water partition coefficient (Wildman–Crippen LogP) is 1.47. The van der Waals surface area contributed by atoms with E-state index in [1.807, 2.05) is 44.2 Å². The van der Waals surface area contributed by atoms with Gasteiger partial charge < -0.3 is 21.4 Å². The Kier molecular flexibility index (Phi) is 6.32. The van der Waals surface area contributed by atoms with E-state index in [0.717, 1.165) is 5.56 Å². The van der Waals surface area contributed by atoms with Crippen molar-refractivity contribution < 1.29 is 10.3 Å². The van der Waals surface area contributed by atoms with E-state index in [9.17, 15) is 5.11 Å². The molecule has 0 fully saturated rings. The van der Waals surface area contributed by atoms with Crippen molar-refractivity contribution in [3.05, 3.63) is 35.9 Å². The van der Waals surface area contributed by atoms with Crippen molar-refractivity contribution in [2.75, 3.05) is 6.61 Å². The fourth-order valence-electron chi connectivity index (χ4n) is 1.92. The van der Waals surface area contributed by atoms with Crippen LogP contribution in [-0.4, -0.2) is 28.8 Å². The highest BCUT2D eigenvalue weighted by Crippen LogP contribution is 2.18. The molecule has 1 aromatic carbocycles. The molecule has 2 atom stereocenters. The van der Waals surface area contributed by atoms with Crippen LogP contribution in [0, 0.1) is 5.92 Å². The van der Waals surface area contributed by atoms with E-state index >= 15 is 0 Å². The van der Waals surface area contributed by atoms with Gasteiger partial charge in [-0.05, 0) is 11.5 Å². The van der Waals surface area contributed by atoms with Crippen LogP contribution in [-0.2, 0) is 0 Å². The molecule has 106 valence electrons. The Bertz CT molecular complexity index is 393. The molecule has 0 radical (unpaired) electrons. The largest absolute Gasteiger partial charge is 0.409 e. The van der Waals surface area contributed by atoms with Crippen LogP contribution in [0.4, 0.5) is 0 Å². The van der Waals surface area contributed by atoms with Crippen LogP contribution < -0.4 is 11.1 Å². The highest BCUT2D eigenvalue weighted by molar-refractivity contribution is 5.80. The Morgan fingerprint density at radius 3 is 2.42 bits per heavy atom. The van der Waals surface area contributed by atoms with Crippen LogP contribution in [0.2, 0.25) is 0 Å². The van der Waals surface area contributed by atoms with Gasteiger partial charge in [0.05, 0.1) is 6.61 Å². The Morgan fingerprint density at radius 2 is 1.95 bits per heavy atom. The SMILES string of the molecule is CC(C)C(CO)NC(CC(N)=NO)c1ccccc1. The number of aliphatic hydroxyl groups excluding tert-OH is 1. The molecule has 1 rings (SSSR count). The molecule has 5 N–H and O–H groups in total. The minimum Gasteiger partial charge on any atom is -0.409 e. The topological polar surface area (TPSA) is 90.9 Å². The standard InChI is InChI=1S/C14H23N3O2/c1-10(2)13(9-18)16-12(8-14(15)17-19)11-6-4-3-5-7-11/h3-7,10,12-13,16,18-19H,8-9H2,1-2H3,(H2,15,17). The lowest BCUT2D eigenvalue weighted by Gasteiger charge is -2.27. The number of aliphatic hydroxyl groups is 1. The van der Waals surface area contributed by atoms with Crippen molar-refractivity contribution in [3.8, 4) is 0 Å². The van der Waals surface area contributed by atoms with Crippen LogP contribution in [0.3, 0.4) is 0 Å². The first-order valence-electron chi connectivity index (χ1n) is 6.46. The summed E-state index contributed by atoms with van der Waals surface area (Å²) in [5.74, 6) is 0.463. The minimum atomic E-state index is -0.0864. The second-order valence-electron chi connectivity index (χ2n) is 4.96. The van der Waals surface area contributed by atoms with E-state index < -0.39 is 0 Å². The van der Waals surface area contributed by atoms with Gasteiger partial charge in [0, 0.05) is 18.5 Å². The zero-order valence-electron chi connectivity index (χ0n) is 11.5. The lowest BCUT2D eigenvalue weighted by Crippen LogP contribution is -2.40. The summed E-state index contributed by atoms with van der Waals surface area (Å²) in [5, 5.41) is 24.5. The van der Waals surface area contributed by atoms with Crippen molar-refractivity contribution >= 4 is 5.84 Å². The molecule has 2 unspecified atom stereocenters. The molecule has 0 bridgehead atoms. The molecule has 0 aliphatic heterocycles. The van der Waals surface area contributed by atoms with Crippen molar-refractivity contribution in [2.24, 2.45) is 16.8 Å². The molecule has 0 spiro atoms. The van der Waals surface area contributed by atoms with E-state index in [2.05, 4.69) is 10.5 Å². The maximum atomic E-state index is 9.41. The lowest BCUT2D eigenvalue weighted by atomic mass is 9.98. The third-order valence-corrected chi connectivity index (χ3v) is 3.16. The van der Waals surface area contributed by atoms with Gasteiger partial charge in [-0.2, -0.15) is 0 Å². The van der Waals surface area contributed by atoms with Gasteiger partial charge in [0.15, 0.2) is 0 Å². The predicted molar refractivity (Wildman–Crippen MR) is 76.1 cm³/mol. The molecule has 5 heteroatoms. The zero-order chi connectivity index (χ0) is 14.3. The molecule has 0 saturated heterocycles. The van der Waals surface area contributed by atoms with Crippen molar-refractivity contribution in [1.29, 1.82) is 0 Å². The van der Waals surface area contributed by atoms with Crippen LogP contribution in [0.25, 0.3) is 0 Å². The number of nitrogens with two attached hydrogens (primary N) is 1. The number of hydrogen-bond acceptors (Lipinski definition) is 4. The summed E-state index contributed by atoms with van der Waals surface area (Å²) in [6, 6.07) is 9.68.